The molecule has 5 heteroatoms. The predicted molar refractivity (Wildman–Crippen MR) is 93.2 cm³/mol. The fourth-order valence-electron chi connectivity index (χ4n) is 3.27. The number of nitrogens with zero attached hydrogens (tertiary/aromatic N) is 1. The smallest absolute Gasteiger partial charge is 0.320 e. The van der Waals surface area contributed by atoms with Crippen molar-refractivity contribution in [1.82, 2.24) is 4.90 Å². The lowest BCUT2D eigenvalue weighted by atomic mass is 9.92. The van der Waals surface area contributed by atoms with Gasteiger partial charge in [-0.05, 0) is 42.7 Å². The Kier molecular flexibility index (Phi) is 5.34. The number of aliphatic carboxylic acids is 1. The van der Waals surface area contributed by atoms with Gasteiger partial charge in [0.1, 0.15) is 17.6 Å². The molecule has 1 heterocycles. The van der Waals surface area contributed by atoms with Crippen molar-refractivity contribution in [1.29, 1.82) is 0 Å². The first kappa shape index (κ1) is 17.4. The molecule has 0 radical (unpaired) electrons. The van der Waals surface area contributed by atoms with Crippen molar-refractivity contribution < 1.29 is 19.0 Å². The molecule has 0 saturated carbocycles. The molecule has 2 aromatic carbocycles. The second-order valence-corrected chi connectivity index (χ2v) is 6.45. The average molecular weight is 343 g/mol. The number of benzene rings is 2. The summed E-state index contributed by atoms with van der Waals surface area (Å²) in [6.45, 7) is 3.28. The zero-order chi connectivity index (χ0) is 17.8. The molecular weight excluding hydrogens is 321 g/mol. The second-order valence-electron chi connectivity index (χ2n) is 6.45. The van der Waals surface area contributed by atoms with E-state index in [0.717, 1.165) is 23.3 Å². The first-order valence-electron chi connectivity index (χ1n) is 8.47. The van der Waals surface area contributed by atoms with Crippen LogP contribution in [0.1, 0.15) is 30.4 Å². The lowest BCUT2D eigenvalue weighted by Gasteiger charge is -2.33. The molecule has 4 nitrogen and oxygen atoms in total. The van der Waals surface area contributed by atoms with E-state index in [1.807, 2.05) is 35.2 Å². The van der Waals surface area contributed by atoms with E-state index in [1.54, 1.807) is 13.0 Å². The number of halogens is 1. The van der Waals surface area contributed by atoms with Crippen LogP contribution >= 0.6 is 0 Å². The van der Waals surface area contributed by atoms with E-state index in [-0.39, 0.29) is 11.7 Å². The number of para-hydroxylation sites is 1. The maximum atomic E-state index is 13.5. The van der Waals surface area contributed by atoms with Crippen LogP contribution in [-0.2, 0) is 11.3 Å². The van der Waals surface area contributed by atoms with Gasteiger partial charge in [0, 0.05) is 19.0 Å². The van der Waals surface area contributed by atoms with Crippen molar-refractivity contribution >= 4 is 5.97 Å². The summed E-state index contributed by atoms with van der Waals surface area (Å²) in [6.07, 6.45) is 0.836. The Hall–Kier alpha value is -2.40. The minimum Gasteiger partial charge on any atom is -0.493 e. The molecule has 0 saturated heterocycles. The quantitative estimate of drug-likeness (QED) is 0.869. The number of hydrogen-bond donors (Lipinski definition) is 1. The van der Waals surface area contributed by atoms with Crippen molar-refractivity contribution in [2.24, 2.45) is 0 Å². The van der Waals surface area contributed by atoms with Gasteiger partial charge in [0.15, 0.2) is 0 Å². The van der Waals surface area contributed by atoms with Crippen LogP contribution in [0.5, 0.6) is 5.75 Å². The molecule has 0 bridgehead atoms. The van der Waals surface area contributed by atoms with E-state index >= 15 is 0 Å². The highest BCUT2D eigenvalue weighted by Gasteiger charge is 2.28. The largest absolute Gasteiger partial charge is 0.493 e. The average Bonchev–Trinajstić information content (AvgIpc) is 2.61. The molecule has 0 aromatic heterocycles. The summed E-state index contributed by atoms with van der Waals surface area (Å²) in [5.41, 5.74) is 1.88. The summed E-state index contributed by atoms with van der Waals surface area (Å²) in [7, 11) is 0. The summed E-state index contributed by atoms with van der Waals surface area (Å²) in [6, 6.07) is 13.6. The third kappa shape index (κ3) is 4.17. The van der Waals surface area contributed by atoms with Crippen LogP contribution < -0.4 is 4.74 Å². The van der Waals surface area contributed by atoms with E-state index in [9.17, 15) is 14.3 Å². The fraction of sp³-hybridized carbons (Fsp3) is 0.350. The van der Waals surface area contributed by atoms with Gasteiger partial charge in [0.25, 0.3) is 0 Å². The van der Waals surface area contributed by atoms with E-state index in [0.29, 0.717) is 19.7 Å². The van der Waals surface area contributed by atoms with E-state index in [4.69, 9.17) is 4.74 Å². The van der Waals surface area contributed by atoms with Crippen LogP contribution in [-0.4, -0.2) is 35.2 Å². The monoisotopic (exact) mass is 343 g/mol. The van der Waals surface area contributed by atoms with Gasteiger partial charge < -0.3 is 9.84 Å². The van der Waals surface area contributed by atoms with Crippen molar-refractivity contribution in [3.8, 4) is 5.75 Å². The lowest BCUT2D eigenvalue weighted by Crippen LogP contribution is -2.41. The Bertz CT molecular complexity index is 749. The van der Waals surface area contributed by atoms with Gasteiger partial charge in [-0.1, -0.05) is 30.3 Å². The molecule has 25 heavy (non-hydrogen) atoms. The molecule has 0 aliphatic carbocycles. The molecule has 1 aliphatic rings. The highest BCUT2D eigenvalue weighted by molar-refractivity contribution is 5.72. The third-order valence-corrected chi connectivity index (χ3v) is 4.72. The maximum Gasteiger partial charge on any atom is 0.320 e. The van der Waals surface area contributed by atoms with Crippen molar-refractivity contribution in [3.63, 3.8) is 0 Å². The molecule has 2 aromatic rings. The van der Waals surface area contributed by atoms with Crippen LogP contribution in [0.2, 0.25) is 0 Å². The fourth-order valence-corrected chi connectivity index (χ4v) is 3.27. The molecule has 0 spiro atoms. The lowest BCUT2D eigenvalue weighted by molar-refractivity contribution is -0.143. The Morgan fingerprint density at radius 3 is 2.88 bits per heavy atom. The highest BCUT2D eigenvalue weighted by Crippen LogP contribution is 2.34. The Morgan fingerprint density at radius 2 is 2.12 bits per heavy atom. The van der Waals surface area contributed by atoms with E-state index in [2.05, 4.69) is 0 Å². The first-order chi connectivity index (χ1) is 12.0. The molecule has 3 rings (SSSR count). The van der Waals surface area contributed by atoms with Gasteiger partial charge in [-0.15, -0.1) is 0 Å². The molecule has 0 amide bonds. The van der Waals surface area contributed by atoms with E-state index < -0.39 is 12.0 Å². The summed E-state index contributed by atoms with van der Waals surface area (Å²) in [4.78, 5) is 13.4. The Balaban J connectivity index is 1.82. The molecule has 1 N–H and O–H groups in total. The number of carboxylic acids is 1. The van der Waals surface area contributed by atoms with Gasteiger partial charge >= 0.3 is 5.97 Å². The summed E-state index contributed by atoms with van der Waals surface area (Å²) < 4.78 is 19.2. The molecular formula is C20H22FNO3. The minimum atomic E-state index is -0.878. The zero-order valence-corrected chi connectivity index (χ0v) is 14.2. The molecule has 1 aliphatic heterocycles. The normalized spacial score (nSPS) is 17.6. The first-order valence-corrected chi connectivity index (χ1v) is 8.47. The second kappa shape index (κ2) is 7.66. The number of hydrogen-bond acceptors (Lipinski definition) is 3. The van der Waals surface area contributed by atoms with Gasteiger partial charge in [0.2, 0.25) is 0 Å². The number of fused-ring (bicyclic) bond motifs is 1. The topological polar surface area (TPSA) is 49.8 Å². The molecule has 132 valence electrons. The molecule has 2 unspecified atom stereocenters. The number of ether oxygens (including phenoxy) is 1. The van der Waals surface area contributed by atoms with Gasteiger partial charge in [-0.2, -0.15) is 0 Å². The summed E-state index contributed by atoms with van der Waals surface area (Å²) in [5.74, 6) is -0.124. The minimum absolute atomic E-state index is 0.195. The van der Waals surface area contributed by atoms with Gasteiger partial charge in [-0.3, -0.25) is 9.69 Å². The maximum absolute atomic E-state index is 13.5. The number of rotatable bonds is 6. The number of carbonyl (C=O) groups is 1. The SMILES string of the molecule is CC(C(=O)O)N(Cc1cccc(F)c1)CC1CCOc2ccccc21. The van der Waals surface area contributed by atoms with Gasteiger partial charge in [-0.25, -0.2) is 4.39 Å². The van der Waals surface area contributed by atoms with Crippen LogP contribution in [0.3, 0.4) is 0 Å². The molecule has 2 atom stereocenters. The standard InChI is InChI=1S/C20H22FNO3/c1-14(20(23)24)22(12-15-5-4-6-17(21)11-15)13-16-9-10-25-19-8-3-2-7-18(16)19/h2-8,11,14,16H,9-10,12-13H2,1H3,(H,23,24). The van der Waals surface area contributed by atoms with Crippen molar-refractivity contribution in [3.05, 3.63) is 65.5 Å². The number of carboxylic acid groups (broad SMARTS) is 1. The van der Waals surface area contributed by atoms with Crippen LogP contribution in [0.25, 0.3) is 0 Å². The highest BCUT2D eigenvalue weighted by atomic mass is 19.1. The zero-order valence-electron chi connectivity index (χ0n) is 14.2. The van der Waals surface area contributed by atoms with Gasteiger partial charge in [0.05, 0.1) is 6.61 Å². The van der Waals surface area contributed by atoms with Crippen molar-refractivity contribution in [2.45, 2.75) is 31.8 Å². The Labute approximate surface area is 146 Å². The van der Waals surface area contributed by atoms with Crippen LogP contribution in [0.15, 0.2) is 48.5 Å². The summed E-state index contributed by atoms with van der Waals surface area (Å²) >= 11 is 0. The predicted octanol–water partition coefficient (Wildman–Crippen LogP) is 3.67. The summed E-state index contributed by atoms with van der Waals surface area (Å²) in [5, 5.41) is 9.47. The van der Waals surface area contributed by atoms with Crippen LogP contribution in [0, 0.1) is 5.82 Å². The van der Waals surface area contributed by atoms with Crippen molar-refractivity contribution in [2.75, 3.05) is 13.2 Å². The van der Waals surface area contributed by atoms with E-state index in [1.165, 1.54) is 12.1 Å². The molecule has 0 fully saturated rings. The Morgan fingerprint density at radius 1 is 1.32 bits per heavy atom. The third-order valence-electron chi connectivity index (χ3n) is 4.72. The van der Waals surface area contributed by atoms with Crippen LogP contribution in [0.4, 0.5) is 4.39 Å².